The molecule has 3 rings (SSSR count). The third-order valence-corrected chi connectivity index (χ3v) is 4.40. The zero-order valence-corrected chi connectivity index (χ0v) is 12.5. The van der Waals surface area contributed by atoms with Crippen LogP contribution in [0, 0.1) is 16.0 Å². The fourth-order valence-electron chi connectivity index (χ4n) is 2.99. The van der Waals surface area contributed by atoms with Crippen molar-refractivity contribution in [3.8, 4) is 0 Å². The molecule has 0 aromatic heterocycles. The monoisotopic (exact) mass is 319 g/mol. The predicted molar refractivity (Wildman–Crippen MR) is 81.6 cm³/mol. The van der Waals surface area contributed by atoms with Crippen molar-refractivity contribution < 1.29 is 19.6 Å². The van der Waals surface area contributed by atoms with Crippen molar-refractivity contribution in [2.75, 3.05) is 31.1 Å². The molecule has 2 saturated heterocycles. The van der Waals surface area contributed by atoms with Gasteiger partial charge in [0.1, 0.15) is 5.56 Å². The van der Waals surface area contributed by atoms with Crippen molar-refractivity contribution in [2.24, 2.45) is 5.92 Å². The fraction of sp³-hybridized carbons (Fsp3) is 0.467. The van der Waals surface area contributed by atoms with E-state index in [2.05, 4.69) is 0 Å². The third kappa shape index (κ3) is 2.84. The molecule has 0 bridgehead atoms. The molecule has 2 aliphatic heterocycles. The van der Waals surface area contributed by atoms with Crippen LogP contribution in [0.15, 0.2) is 18.2 Å². The van der Waals surface area contributed by atoms with Gasteiger partial charge in [-0.15, -0.1) is 0 Å². The molecule has 0 saturated carbocycles. The molecule has 1 amide bonds. The van der Waals surface area contributed by atoms with Gasteiger partial charge < -0.3 is 14.9 Å². The van der Waals surface area contributed by atoms with Crippen molar-refractivity contribution in [1.82, 2.24) is 4.90 Å². The van der Waals surface area contributed by atoms with Crippen molar-refractivity contribution in [1.29, 1.82) is 0 Å². The van der Waals surface area contributed by atoms with Gasteiger partial charge in [-0.2, -0.15) is 0 Å². The number of hydrogen-bond acceptors (Lipinski definition) is 5. The summed E-state index contributed by atoms with van der Waals surface area (Å²) in [6.45, 7) is 1.94. The lowest BCUT2D eigenvalue weighted by atomic mass is 9.98. The molecular weight excluding hydrogens is 302 g/mol. The Hall–Kier alpha value is -2.64. The molecule has 0 aliphatic carbocycles. The summed E-state index contributed by atoms with van der Waals surface area (Å²) >= 11 is 0. The number of carbonyl (C=O) groups is 2. The number of nitro groups is 1. The molecule has 8 heteroatoms. The number of aliphatic carboxylic acids is 1. The number of anilines is 1. The molecule has 1 aromatic rings. The van der Waals surface area contributed by atoms with Gasteiger partial charge in [0, 0.05) is 37.9 Å². The van der Waals surface area contributed by atoms with Crippen molar-refractivity contribution in [3.63, 3.8) is 0 Å². The molecule has 1 N–H and O–H groups in total. The Balaban J connectivity index is 1.86. The number of carboxylic acid groups (broad SMARTS) is 1. The van der Waals surface area contributed by atoms with Crippen LogP contribution in [0.5, 0.6) is 0 Å². The number of amides is 1. The zero-order valence-electron chi connectivity index (χ0n) is 12.5. The maximum absolute atomic E-state index is 12.5. The summed E-state index contributed by atoms with van der Waals surface area (Å²) in [7, 11) is 0. The second-order valence-corrected chi connectivity index (χ2v) is 5.90. The van der Waals surface area contributed by atoms with Gasteiger partial charge in [0.25, 0.3) is 11.6 Å². The molecular formula is C15H17N3O5. The van der Waals surface area contributed by atoms with E-state index in [1.165, 1.54) is 12.1 Å². The number of benzene rings is 1. The Morgan fingerprint density at radius 3 is 2.43 bits per heavy atom. The van der Waals surface area contributed by atoms with Gasteiger partial charge in [-0.3, -0.25) is 19.7 Å². The van der Waals surface area contributed by atoms with Crippen LogP contribution in [0.4, 0.5) is 11.4 Å². The minimum absolute atomic E-state index is 0.0770. The summed E-state index contributed by atoms with van der Waals surface area (Å²) in [5, 5.41) is 20.1. The van der Waals surface area contributed by atoms with E-state index in [1.54, 1.807) is 11.0 Å². The summed E-state index contributed by atoms with van der Waals surface area (Å²) in [5.41, 5.74) is 0.518. The highest BCUT2D eigenvalue weighted by molar-refractivity contribution is 5.99. The molecule has 2 aliphatic rings. The van der Waals surface area contributed by atoms with Gasteiger partial charge in [0.2, 0.25) is 0 Å². The normalized spacial score (nSPS) is 17.9. The van der Waals surface area contributed by atoms with E-state index >= 15 is 0 Å². The maximum Gasteiger partial charge on any atom is 0.310 e. The average molecular weight is 319 g/mol. The van der Waals surface area contributed by atoms with E-state index in [4.69, 9.17) is 5.11 Å². The summed E-state index contributed by atoms with van der Waals surface area (Å²) in [6, 6.07) is 4.40. The van der Waals surface area contributed by atoms with Crippen LogP contribution in [-0.2, 0) is 4.79 Å². The van der Waals surface area contributed by atoms with E-state index in [9.17, 15) is 19.7 Å². The molecule has 0 spiro atoms. The Morgan fingerprint density at radius 1 is 1.22 bits per heavy atom. The van der Waals surface area contributed by atoms with Gasteiger partial charge in [-0.1, -0.05) is 0 Å². The lowest BCUT2D eigenvalue weighted by Gasteiger charge is -2.38. The maximum atomic E-state index is 12.5. The first-order valence-electron chi connectivity index (χ1n) is 7.53. The smallest absolute Gasteiger partial charge is 0.310 e. The van der Waals surface area contributed by atoms with Gasteiger partial charge in [-0.05, 0) is 25.0 Å². The van der Waals surface area contributed by atoms with E-state index in [0.29, 0.717) is 31.9 Å². The van der Waals surface area contributed by atoms with Crippen molar-refractivity contribution in [2.45, 2.75) is 12.8 Å². The molecule has 8 nitrogen and oxygen atoms in total. The highest BCUT2D eigenvalue weighted by atomic mass is 16.6. The topological polar surface area (TPSA) is 104 Å². The number of hydrogen-bond donors (Lipinski definition) is 1. The van der Waals surface area contributed by atoms with Gasteiger partial charge in [-0.25, -0.2) is 0 Å². The number of carboxylic acids is 1. The van der Waals surface area contributed by atoms with Crippen molar-refractivity contribution in [3.05, 3.63) is 33.9 Å². The standard InChI is InChI=1S/C15H17N3O5/c19-14(16-5-1-2-6-16)12-7-11(3-4-13(12)18(22)23)17-8-10(9-17)15(20)21/h3-4,7,10H,1-2,5-6,8-9H2,(H,20,21). The van der Waals surface area contributed by atoms with Crippen LogP contribution in [0.2, 0.25) is 0 Å². The average Bonchev–Trinajstić information content (AvgIpc) is 2.98. The molecule has 1 aromatic carbocycles. The molecule has 122 valence electrons. The zero-order chi connectivity index (χ0) is 16.6. The summed E-state index contributed by atoms with van der Waals surface area (Å²) in [4.78, 5) is 37.5. The molecule has 2 fully saturated rings. The van der Waals surface area contributed by atoms with Gasteiger partial charge >= 0.3 is 5.97 Å². The van der Waals surface area contributed by atoms with E-state index in [0.717, 1.165) is 12.8 Å². The highest BCUT2D eigenvalue weighted by Gasteiger charge is 2.34. The summed E-state index contributed by atoms with van der Waals surface area (Å²) in [6.07, 6.45) is 1.82. The van der Waals surface area contributed by atoms with E-state index in [1.807, 2.05) is 4.90 Å². The molecule has 23 heavy (non-hydrogen) atoms. The van der Waals surface area contributed by atoms with Crippen LogP contribution < -0.4 is 4.90 Å². The number of likely N-dealkylation sites (tertiary alicyclic amines) is 1. The first-order chi connectivity index (χ1) is 11.0. The minimum atomic E-state index is -0.850. The second kappa shape index (κ2) is 5.86. The predicted octanol–water partition coefficient (Wildman–Crippen LogP) is 1.35. The van der Waals surface area contributed by atoms with Crippen molar-refractivity contribution >= 4 is 23.3 Å². The number of nitro benzene ring substituents is 1. The Bertz CT molecular complexity index is 663. The summed E-state index contributed by atoms with van der Waals surface area (Å²) in [5.74, 6) is -1.61. The Morgan fingerprint density at radius 2 is 1.87 bits per heavy atom. The first-order valence-corrected chi connectivity index (χ1v) is 7.53. The molecule has 0 atom stereocenters. The first kappa shape index (κ1) is 15.3. The lowest BCUT2D eigenvalue weighted by Crippen LogP contribution is -2.50. The number of carbonyl (C=O) groups excluding carboxylic acids is 1. The minimum Gasteiger partial charge on any atom is -0.481 e. The van der Waals surface area contributed by atoms with Gasteiger partial charge in [0.05, 0.1) is 10.8 Å². The fourth-order valence-corrected chi connectivity index (χ4v) is 2.99. The van der Waals surface area contributed by atoms with Crippen LogP contribution in [0.25, 0.3) is 0 Å². The third-order valence-electron chi connectivity index (χ3n) is 4.40. The Kier molecular flexibility index (Phi) is 3.89. The lowest BCUT2D eigenvalue weighted by molar-refractivity contribution is -0.385. The number of rotatable bonds is 4. The van der Waals surface area contributed by atoms with Crippen LogP contribution in [0.1, 0.15) is 23.2 Å². The number of nitrogens with zero attached hydrogens (tertiary/aromatic N) is 3. The quantitative estimate of drug-likeness (QED) is 0.663. The van der Waals surface area contributed by atoms with E-state index < -0.39 is 16.8 Å². The molecule has 0 radical (unpaired) electrons. The Labute approximate surface area is 132 Å². The van der Waals surface area contributed by atoms with Crippen LogP contribution in [-0.4, -0.2) is 53.0 Å². The SMILES string of the molecule is O=C(O)C1CN(c2ccc([N+](=O)[O-])c(C(=O)N3CCCC3)c2)C1. The van der Waals surface area contributed by atoms with Crippen LogP contribution in [0.3, 0.4) is 0 Å². The summed E-state index contributed by atoms with van der Waals surface area (Å²) < 4.78 is 0. The van der Waals surface area contributed by atoms with Crippen LogP contribution >= 0.6 is 0 Å². The largest absolute Gasteiger partial charge is 0.481 e. The highest BCUT2D eigenvalue weighted by Crippen LogP contribution is 2.31. The molecule has 0 unspecified atom stereocenters. The van der Waals surface area contributed by atoms with Gasteiger partial charge in [0.15, 0.2) is 0 Å². The molecule has 2 heterocycles. The van der Waals surface area contributed by atoms with E-state index in [-0.39, 0.29) is 17.2 Å². The second-order valence-electron chi connectivity index (χ2n) is 5.90.